The largest absolute Gasteiger partial charge is 0.309 e. The maximum Gasteiger partial charge on any atom is 0.0278 e. The lowest BCUT2D eigenvalue weighted by Gasteiger charge is -2.47. The topological polar surface area (TPSA) is 15.3 Å². The van der Waals surface area contributed by atoms with E-state index in [1.165, 1.54) is 38.9 Å². The van der Waals surface area contributed by atoms with Gasteiger partial charge in [0.15, 0.2) is 0 Å². The third-order valence-electron chi connectivity index (χ3n) is 4.50. The van der Waals surface area contributed by atoms with Crippen LogP contribution in [-0.2, 0) is 0 Å². The molecule has 1 saturated heterocycles. The zero-order valence-corrected chi connectivity index (χ0v) is 11.4. The second-order valence-electron chi connectivity index (χ2n) is 6.48. The molecule has 0 amide bonds. The van der Waals surface area contributed by atoms with E-state index in [0.29, 0.717) is 5.54 Å². The smallest absolute Gasteiger partial charge is 0.0278 e. The summed E-state index contributed by atoms with van der Waals surface area (Å²) in [5, 5.41) is 3.76. The van der Waals surface area contributed by atoms with Crippen LogP contribution >= 0.6 is 0 Å². The molecule has 2 fully saturated rings. The standard InChI is InChI=1S/C14H28N2/c1-5-14(4)10-16(9-12-6-7-12)13(8-15-14)11(2)3/h11-13,15H,5-10H2,1-4H3. The van der Waals surface area contributed by atoms with E-state index in [0.717, 1.165) is 17.9 Å². The van der Waals surface area contributed by atoms with Gasteiger partial charge in [-0.2, -0.15) is 0 Å². The normalized spacial score (nSPS) is 36.9. The van der Waals surface area contributed by atoms with Gasteiger partial charge in [0.2, 0.25) is 0 Å². The number of hydrogen-bond acceptors (Lipinski definition) is 2. The lowest BCUT2D eigenvalue weighted by molar-refractivity contribution is 0.0565. The van der Waals surface area contributed by atoms with Gasteiger partial charge in [0.1, 0.15) is 0 Å². The Labute approximate surface area is 101 Å². The first kappa shape index (κ1) is 12.4. The van der Waals surface area contributed by atoms with Crippen LogP contribution in [0.15, 0.2) is 0 Å². The molecule has 2 rings (SSSR count). The molecule has 1 N–H and O–H groups in total. The Balaban J connectivity index is 1.99. The van der Waals surface area contributed by atoms with Crippen molar-refractivity contribution >= 4 is 0 Å². The van der Waals surface area contributed by atoms with E-state index in [4.69, 9.17) is 0 Å². The molecular formula is C14H28N2. The summed E-state index contributed by atoms with van der Waals surface area (Å²) in [4.78, 5) is 2.77. The van der Waals surface area contributed by atoms with Crippen molar-refractivity contribution < 1.29 is 0 Å². The molecule has 2 aliphatic rings. The van der Waals surface area contributed by atoms with Crippen LogP contribution in [0.1, 0.15) is 47.0 Å². The van der Waals surface area contributed by atoms with Crippen molar-refractivity contribution in [1.82, 2.24) is 10.2 Å². The molecule has 1 heterocycles. The molecule has 2 heteroatoms. The Morgan fingerprint density at radius 1 is 1.38 bits per heavy atom. The second-order valence-corrected chi connectivity index (χ2v) is 6.48. The highest BCUT2D eigenvalue weighted by Gasteiger charge is 2.38. The summed E-state index contributed by atoms with van der Waals surface area (Å²) in [6.07, 6.45) is 4.17. The predicted octanol–water partition coefficient (Wildman–Crippen LogP) is 2.49. The van der Waals surface area contributed by atoms with Gasteiger partial charge in [-0.1, -0.05) is 20.8 Å². The Bertz CT molecular complexity index is 235. The SMILES string of the molecule is CCC1(C)CN(CC2CC2)C(C(C)C)CN1. The molecule has 1 aliphatic heterocycles. The summed E-state index contributed by atoms with van der Waals surface area (Å²) in [7, 11) is 0. The summed E-state index contributed by atoms with van der Waals surface area (Å²) in [6, 6.07) is 0.750. The minimum absolute atomic E-state index is 0.347. The van der Waals surface area contributed by atoms with Crippen LogP contribution in [0.2, 0.25) is 0 Å². The molecule has 2 nitrogen and oxygen atoms in total. The van der Waals surface area contributed by atoms with Crippen molar-refractivity contribution in [2.75, 3.05) is 19.6 Å². The van der Waals surface area contributed by atoms with Crippen LogP contribution in [0.4, 0.5) is 0 Å². The maximum atomic E-state index is 3.76. The molecule has 0 bridgehead atoms. The highest BCUT2D eigenvalue weighted by molar-refractivity contribution is 4.96. The van der Waals surface area contributed by atoms with Gasteiger partial charge in [-0.25, -0.2) is 0 Å². The average Bonchev–Trinajstić information content (AvgIpc) is 3.01. The zero-order valence-electron chi connectivity index (χ0n) is 11.4. The van der Waals surface area contributed by atoms with E-state index in [-0.39, 0.29) is 0 Å². The summed E-state index contributed by atoms with van der Waals surface area (Å²) < 4.78 is 0. The van der Waals surface area contributed by atoms with Gasteiger partial charge in [0, 0.05) is 31.2 Å². The third kappa shape index (κ3) is 2.78. The molecule has 1 saturated carbocycles. The minimum atomic E-state index is 0.347. The Kier molecular flexibility index (Phi) is 3.60. The van der Waals surface area contributed by atoms with Gasteiger partial charge >= 0.3 is 0 Å². The predicted molar refractivity (Wildman–Crippen MR) is 69.6 cm³/mol. The second kappa shape index (κ2) is 4.66. The molecule has 2 atom stereocenters. The van der Waals surface area contributed by atoms with Crippen LogP contribution < -0.4 is 5.32 Å². The van der Waals surface area contributed by atoms with E-state index in [2.05, 4.69) is 37.9 Å². The van der Waals surface area contributed by atoms with E-state index < -0.39 is 0 Å². The number of nitrogens with zero attached hydrogens (tertiary/aromatic N) is 1. The molecule has 0 aromatic heterocycles. The molecule has 16 heavy (non-hydrogen) atoms. The first-order chi connectivity index (χ1) is 7.54. The van der Waals surface area contributed by atoms with Gasteiger partial charge in [-0.15, -0.1) is 0 Å². The van der Waals surface area contributed by atoms with Crippen LogP contribution in [-0.4, -0.2) is 36.1 Å². The van der Waals surface area contributed by atoms with Crippen LogP contribution in [0.3, 0.4) is 0 Å². The first-order valence-corrected chi connectivity index (χ1v) is 7.03. The number of hydrogen-bond donors (Lipinski definition) is 1. The quantitative estimate of drug-likeness (QED) is 0.789. The molecular weight excluding hydrogens is 196 g/mol. The average molecular weight is 224 g/mol. The van der Waals surface area contributed by atoms with Crippen molar-refractivity contribution in [3.8, 4) is 0 Å². The minimum Gasteiger partial charge on any atom is -0.309 e. The number of rotatable bonds is 4. The lowest BCUT2D eigenvalue weighted by atomic mass is 9.90. The Morgan fingerprint density at radius 3 is 2.56 bits per heavy atom. The number of nitrogens with one attached hydrogen (secondary N) is 1. The van der Waals surface area contributed by atoms with Crippen LogP contribution in [0.5, 0.6) is 0 Å². The first-order valence-electron chi connectivity index (χ1n) is 7.03. The lowest BCUT2D eigenvalue weighted by Crippen LogP contribution is -2.64. The third-order valence-corrected chi connectivity index (χ3v) is 4.50. The van der Waals surface area contributed by atoms with E-state index in [9.17, 15) is 0 Å². The summed E-state index contributed by atoms with van der Waals surface area (Å²) >= 11 is 0. The van der Waals surface area contributed by atoms with Crippen molar-refractivity contribution in [2.24, 2.45) is 11.8 Å². The van der Waals surface area contributed by atoms with Crippen LogP contribution in [0.25, 0.3) is 0 Å². The van der Waals surface area contributed by atoms with Crippen LogP contribution in [0, 0.1) is 11.8 Å². The van der Waals surface area contributed by atoms with E-state index in [1.54, 1.807) is 0 Å². The summed E-state index contributed by atoms with van der Waals surface area (Å²) in [5.74, 6) is 1.79. The van der Waals surface area contributed by atoms with Crippen molar-refractivity contribution in [1.29, 1.82) is 0 Å². The van der Waals surface area contributed by atoms with Gasteiger partial charge in [-0.05, 0) is 38.0 Å². The summed E-state index contributed by atoms with van der Waals surface area (Å²) in [5.41, 5.74) is 0.347. The Hall–Kier alpha value is -0.0800. The Morgan fingerprint density at radius 2 is 2.06 bits per heavy atom. The molecule has 1 aliphatic carbocycles. The fourth-order valence-corrected chi connectivity index (χ4v) is 2.83. The molecule has 0 radical (unpaired) electrons. The molecule has 94 valence electrons. The molecule has 0 spiro atoms. The fraction of sp³-hybridized carbons (Fsp3) is 1.00. The van der Waals surface area contributed by atoms with Gasteiger partial charge in [-0.3, -0.25) is 4.90 Å². The number of piperazine rings is 1. The zero-order chi connectivity index (χ0) is 11.8. The van der Waals surface area contributed by atoms with Crippen molar-refractivity contribution in [3.05, 3.63) is 0 Å². The van der Waals surface area contributed by atoms with Gasteiger partial charge in [0.05, 0.1) is 0 Å². The molecule has 2 unspecified atom stereocenters. The fourth-order valence-electron chi connectivity index (χ4n) is 2.83. The van der Waals surface area contributed by atoms with E-state index in [1.807, 2.05) is 0 Å². The van der Waals surface area contributed by atoms with Crippen molar-refractivity contribution in [2.45, 2.75) is 58.5 Å². The molecule has 0 aromatic rings. The van der Waals surface area contributed by atoms with Gasteiger partial charge < -0.3 is 5.32 Å². The highest BCUT2D eigenvalue weighted by Crippen LogP contribution is 2.33. The maximum absolute atomic E-state index is 3.76. The molecule has 0 aromatic carbocycles. The van der Waals surface area contributed by atoms with Gasteiger partial charge in [0.25, 0.3) is 0 Å². The summed E-state index contributed by atoms with van der Waals surface area (Å²) in [6.45, 7) is 13.2. The van der Waals surface area contributed by atoms with Crippen molar-refractivity contribution in [3.63, 3.8) is 0 Å². The monoisotopic (exact) mass is 224 g/mol. The highest BCUT2D eigenvalue weighted by atomic mass is 15.3. The van der Waals surface area contributed by atoms with E-state index >= 15 is 0 Å².